The van der Waals surface area contributed by atoms with Gasteiger partial charge in [-0.3, -0.25) is 4.79 Å². The van der Waals surface area contributed by atoms with Crippen molar-refractivity contribution in [1.29, 1.82) is 0 Å². The van der Waals surface area contributed by atoms with Crippen LogP contribution < -0.4 is 16.4 Å². The minimum Gasteiger partial charge on any atom is -0.383 e. The largest absolute Gasteiger partial charge is 0.383 e. The van der Waals surface area contributed by atoms with Crippen molar-refractivity contribution in [1.82, 2.24) is 15.6 Å². The number of aromatic nitrogens is 1. The Kier molecular flexibility index (Phi) is 5.70. The van der Waals surface area contributed by atoms with Gasteiger partial charge in [-0.05, 0) is 29.2 Å². The highest BCUT2D eigenvalue weighted by Gasteiger charge is 2.31. The predicted octanol–water partition coefficient (Wildman–Crippen LogP) is 2.83. The van der Waals surface area contributed by atoms with E-state index in [1.807, 2.05) is 13.8 Å². The number of nitrogen functional groups attached to an aromatic ring is 1. The summed E-state index contributed by atoms with van der Waals surface area (Å²) in [5, 5.41) is 5.73. The summed E-state index contributed by atoms with van der Waals surface area (Å²) in [4.78, 5) is 16.7. The molecule has 2 heterocycles. The molecule has 5 nitrogen and oxygen atoms in total. The molecule has 0 radical (unpaired) electrons. The Bertz CT molecular complexity index is 827. The Morgan fingerprint density at radius 3 is 2.70 bits per heavy atom. The molecule has 1 aliphatic heterocycles. The molecule has 1 aromatic carbocycles. The first-order valence-corrected chi connectivity index (χ1v) is 9.04. The number of nitrogens with two attached hydrogens (primary N) is 1. The molecular weight excluding hydrogens is 350 g/mol. The molecule has 2 aromatic rings. The smallest absolute Gasteiger partial charge is 0.238 e. The second-order valence-electron chi connectivity index (χ2n) is 7.15. The van der Waals surface area contributed by atoms with Crippen LogP contribution in [0, 0.1) is 5.82 Å². The Labute approximate surface area is 157 Å². The van der Waals surface area contributed by atoms with Crippen LogP contribution in [0.25, 0.3) is 0 Å². The molecule has 0 unspecified atom stereocenters. The molecular formula is C20H24F2N4O. The lowest BCUT2D eigenvalue weighted by atomic mass is 9.94. The van der Waals surface area contributed by atoms with Gasteiger partial charge >= 0.3 is 0 Å². The summed E-state index contributed by atoms with van der Waals surface area (Å²) in [6, 6.07) is 7.04. The van der Waals surface area contributed by atoms with Crippen molar-refractivity contribution in [3.8, 4) is 0 Å². The van der Waals surface area contributed by atoms with Crippen molar-refractivity contribution in [2.45, 2.75) is 44.4 Å². The SMILES string of the molecule is CC(C)c1ccc([C@@H](NC(=O)[C@@H]2C[C@@H](F)CN2)c2cccnc2N)cc1F. The van der Waals surface area contributed by atoms with Crippen LogP contribution in [0.2, 0.25) is 0 Å². The Balaban J connectivity index is 1.94. The number of carbonyl (C=O) groups is 1. The summed E-state index contributed by atoms with van der Waals surface area (Å²) in [6.07, 6.45) is 0.610. The van der Waals surface area contributed by atoms with Gasteiger partial charge in [0.25, 0.3) is 0 Å². The van der Waals surface area contributed by atoms with E-state index in [1.54, 1.807) is 30.5 Å². The first-order valence-electron chi connectivity index (χ1n) is 9.04. The maximum atomic E-state index is 14.5. The summed E-state index contributed by atoms with van der Waals surface area (Å²) < 4.78 is 28.0. The van der Waals surface area contributed by atoms with E-state index in [9.17, 15) is 13.6 Å². The summed E-state index contributed by atoms with van der Waals surface area (Å²) in [5.41, 5.74) is 7.71. The quantitative estimate of drug-likeness (QED) is 0.752. The minimum atomic E-state index is -1.05. The highest BCUT2D eigenvalue weighted by molar-refractivity contribution is 5.83. The number of benzene rings is 1. The molecule has 1 saturated heterocycles. The fourth-order valence-electron chi connectivity index (χ4n) is 3.34. The number of anilines is 1. The number of nitrogens with one attached hydrogen (secondary N) is 2. The minimum absolute atomic E-state index is 0.0414. The van der Waals surface area contributed by atoms with Crippen LogP contribution in [-0.4, -0.2) is 29.6 Å². The van der Waals surface area contributed by atoms with Crippen molar-refractivity contribution in [2.24, 2.45) is 0 Å². The van der Waals surface area contributed by atoms with Gasteiger partial charge in [-0.25, -0.2) is 13.8 Å². The predicted molar refractivity (Wildman–Crippen MR) is 100 cm³/mol. The molecule has 3 atom stereocenters. The van der Waals surface area contributed by atoms with Gasteiger partial charge in [0, 0.05) is 24.7 Å². The fraction of sp³-hybridized carbons (Fsp3) is 0.400. The van der Waals surface area contributed by atoms with E-state index in [4.69, 9.17) is 5.73 Å². The highest BCUT2D eigenvalue weighted by Crippen LogP contribution is 2.29. The lowest BCUT2D eigenvalue weighted by Crippen LogP contribution is -2.42. The van der Waals surface area contributed by atoms with E-state index in [1.165, 1.54) is 6.07 Å². The number of hydrogen-bond acceptors (Lipinski definition) is 4. The van der Waals surface area contributed by atoms with Crippen LogP contribution in [-0.2, 0) is 4.79 Å². The van der Waals surface area contributed by atoms with Gasteiger partial charge in [0.1, 0.15) is 17.8 Å². The van der Waals surface area contributed by atoms with Crippen LogP contribution in [0.4, 0.5) is 14.6 Å². The zero-order chi connectivity index (χ0) is 19.6. The molecule has 3 rings (SSSR count). The third-order valence-corrected chi connectivity index (χ3v) is 4.84. The molecule has 1 amide bonds. The summed E-state index contributed by atoms with van der Waals surface area (Å²) >= 11 is 0. The summed E-state index contributed by atoms with van der Waals surface area (Å²) in [5.74, 6) is -0.401. The molecule has 0 aliphatic carbocycles. The zero-order valence-corrected chi connectivity index (χ0v) is 15.4. The van der Waals surface area contributed by atoms with E-state index in [0.717, 1.165) is 0 Å². The number of halogens is 2. The van der Waals surface area contributed by atoms with Crippen molar-refractivity contribution < 1.29 is 13.6 Å². The number of alkyl halides is 1. The van der Waals surface area contributed by atoms with E-state index < -0.39 is 18.3 Å². The lowest BCUT2D eigenvalue weighted by Gasteiger charge is -2.23. The number of nitrogens with zero attached hydrogens (tertiary/aromatic N) is 1. The Morgan fingerprint density at radius 2 is 2.11 bits per heavy atom. The second-order valence-corrected chi connectivity index (χ2v) is 7.15. The van der Waals surface area contributed by atoms with Crippen molar-refractivity contribution in [2.75, 3.05) is 12.3 Å². The number of carbonyl (C=O) groups excluding carboxylic acids is 1. The van der Waals surface area contributed by atoms with E-state index in [2.05, 4.69) is 15.6 Å². The van der Waals surface area contributed by atoms with Crippen LogP contribution in [0.3, 0.4) is 0 Å². The van der Waals surface area contributed by atoms with Gasteiger partial charge in [0.2, 0.25) is 5.91 Å². The van der Waals surface area contributed by atoms with Crippen LogP contribution in [0.5, 0.6) is 0 Å². The van der Waals surface area contributed by atoms with Crippen LogP contribution in [0.15, 0.2) is 36.5 Å². The molecule has 1 aromatic heterocycles. The van der Waals surface area contributed by atoms with Gasteiger partial charge in [-0.2, -0.15) is 0 Å². The standard InChI is InChI=1S/C20H24F2N4O/c1-11(2)14-6-5-12(8-16(14)22)18(15-4-3-7-24-19(15)23)26-20(27)17-9-13(21)10-25-17/h3-8,11,13,17-18,25H,9-10H2,1-2H3,(H2,23,24)(H,26,27)/t13-,17+,18-/m1/s1. The fourth-order valence-corrected chi connectivity index (χ4v) is 3.34. The molecule has 0 saturated carbocycles. The van der Waals surface area contributed by atoms with Crippen LogP contribution in [0.1, 0.15) is 48.9 Å². The number of pyridine rings is 1. The summed E-state index contributed by atoms with van der Waals surface area (Å²) in [7, 11) is 0. The zero-order valence-electron chi connectivity index (χ0n) is 15.4. The monoisotopic (exact) mass is 374 g/mol. The Hall–Kier alpha value is -2.54. The van der Waals surface area contributed by atoms with Gasteiger partial charge in [-0.15, -0.1) is 0 Å². The van der Waals surface area contributed by atoms with Crippen LogP contribution >= 0.6 is 0 Å². The molecule has 0 bridgehead atoms. The van der Waals surface area contributed by atoms with Gasteiger partial charge in [0.05, 0.1) is 12.1 Å². The third-order valence-electron chi connectivity index (χ3n) is 4.84. The van der Waals surface area contributed by atoms with Gasteiger partial charge < -0.3 is 16.4 Å². The number of amides is 1. The average molecular weight is 374 g/mol. The topological polar surface area (TPSA) is 80.0 Å². The van der Waals surface area contributed by atoms with Gasteiger partial charge in [0.15, 0.2) is 0 Å². The molecule has 4 N–H and O–H groups in total. The average Bonchev–Trinajstić information content (AvgIpc) is 3.06. The highest BCUT2D eigenvalue weighted by atomic mass is 19.1. The molecule has 27 heavy (non-hydrogen) atoms. The van der Waals surface area contributed by atoms with Gasteiger partial charge in [-0.1, -0.05) is 32.0 Å². The molecule has 1 fully saturated rings. The van der Waals surface area contributed by atoms with Crippen molar-refractivity contribution in [3.05, 3.63) is 59.0 Å². The van der Waals surface area contributed by atoms with E-state index in [-0.39, 0.29) is 36.4 Å². The van der Waals surface area contributed by atoms with E-state index in [0.29, 0.717) is 16.7 Å². The third kappa shape index (κ3) is 4.24. The Morgan fingerprint density at radius 1 is 1.33 bits per heavy atom. The van der Waals surface area contributed by atoms with Crippen molar-refractivity contribution >= 4 is 11.7 Å². The maximum Gasteiger partial charge on any atom is 0.238 e. The second kappa shape index (κ2) is 8.00. The molecule has 144 valence electrons. The maximum absolute atomic E-state index is 14.5. The molecule has 1 aliphatic rings. The van der Waals surface area contributed by atoms with Crippen molar-refractivity contribution in [3.63, 3.8) is 0 Å². The molecule has 0 spiro atoms. The first-order chi connectivity index (χ1) is 12.9. The molecule has 7 heteroatoms. The number of hydrogen-bond donors (Lipinski definition) is 3. The normalized spacial score (nSPS) is 20.6. The number of rotatable bonds is 5. The first kappa shape index (κ1) is 19.2. The van der Waals surface area contributed by atoms with E-state index >= 15 is 0 Å². The lowest BCUT2D eigenvalue weighted by molar-refractivity contribution is -0.123. The summed E-state index contributed by atoms with van der Waals surface area (Å²) in [6.45, 7) is 3.97.